The third-order valence-corrected chi connectivity index (χ3v) is 1.79. The van der Waals surface area contributed by atoms with Crippen molar-refractivity contribution in [2.24, 2.45) is 5.92 Å². The second-order valence-electron chi connectivity index (χ2n) is 3.85. The highest BCUT2D eigenvalue weighted by molar-refractivity contribution is 4.88. The van der Waals surface area contributed by atoms with E-state index in [1.807, 2.05) is 6.33 Å². The van der Waals surface area contributed by atoms with E-state index < -0.39 is 0 Å². The van der Waals surface area contributed by atoms with Crippen LogP contribution in [0.25, 0.3) is 0 Å². The van der Waals surface area contributed by atoms with Crippen LogP contribution in [0, 0.1) is 5.92 Å². The lowest BCUT2D eigenvalue weighted by Crippen LogP contribution is -2.07. The van der Waals surface area contributed by atoms with Gasteiger partial charge in [0.2, 0.25) is 0 Å². The van der Waals surface area contributed by atoms with E-state index in [4.69, 9.17) is 0 Å². The normalized spacial score (nSPS) is 11.5. The van der Waals surface area contributed by atoms with Gasteiger partial charge in [-0.05, 0) is 19.8 Å². The largest absolute Gasteiger partial charge is 0.315 e. The van der Waals surface area contributed by atoms with E-state index >= 15 is 0 Å². The van der Waals surface area contributed by atoms with Crippen LogP contribution in [0.15, 0.2) is 6.33 Å². The molecule has 0 unspecified atom stereocenters. The summed E-state index contributed by atoms with van der Waals surface area (Å²) in [4.78, 5) is 0. The van der Waals surface area contributed by atoms with Crippen molar-refractivity contribution in [1.29, 1.82) is 0 Å². The maximum Gasteiger partial charge on any atom is 0.133 e. The lowest BCUT2D eigenvalue weighted by Gasteiger charge is -2.10. The molecule has 3 heteroatoms. The van der Waals surface area contributed by atoms with Gasteiger partial charge in [-0.3, -0.25) is 0 Å². The van der Waals surface area contributed by atoms with Crippen molar-refractivity contribution in [1.82, 2.24) is 14.8 Å². The molecule has 0 amide bonds. The van der Waals surface area contributed by atoms with Gasteiger partial charge < -0.3 is 4.57 Å². The molecule has 0 saturated heterocycles. The number of rotatable bonds is 3. The Bertz CT molecular complexity index is 238. The lowest BCUT2D eigenvalue weighted by atomic mass is 10.1. The molecular weight excluding hydrogens is 150 g/mol. The zero-order valence-corrected chi connectivity index (χ0v) is 8.28. The Morgan fingerprint density at radius 2 is 2.00 bits per heavy atom. The van der Waals surface area contributed by atoms with Crippen molar-refractivity contribution in [3.8, 4) is 0 Å². The molecular formula is C9H17N3. The molecule has 0 fully saturated rings. The summed E-state index contributed by atoms with van der Waals surface area (Å²) < 4.78 is 2.12. The van der Waals surface area contributed by atoms with Crippen LogP contribution in [-0.4, -0.2) is 14.8 Å². The smallest absolute Gasteiger partial charge is 0.133 e. The van der Waals surface area contributed by atoms with Crippen LogP contribution in [-0.2, 0) is 6.42 Å². The summed E-state index contributed by atoms with van der Waals surface area (Å²) in [5.41, 5.74) is 0. The first kappa shape index (κ1) is 9.23. The van der Waals surface area contributed by atoms with Crippen molar-refractivity contribution in [3.63, 3.8) is 0 Å². The third-order valence-electron chi connectivity index (χ3n) is 1.79. The van der Waals surface area contributed by atoms with Gasteiger partial charge in [-0.1, -0.05) is 13.8 Å². The predicted molar refractivity (Wildman–Crippen MR) is 48.9 cm³/mol. The first-order valence-electron chi connectivity index (χ1n) is 4.49. The molecule has 0 atom stereocenters. The molecule has 0 radical (unpaired) electrons. The zero-order chi connectivity index (χ0) is 9.14. The lowest BCUT2D eigenvalue weighted by molar-refractivity contribution is 0.529. The second kappa shape index (κ2) is 3.70. The number of hydrogen-bond acceptors (Lipinski definition) is 2. The van der Waals surface area contributed by atoms with Crippen LogP contribution in [0.3, 0.4) is 0 Å². The Balaban J connectivity index is 2.77. The highest BCUT2D eigenvalue weighted by atomic mass is 15.3. The van der Waals surface area contributed by atoms with E-state index in [2.05, 4.69) is 42.5 Å². The molecule has 68 valence electrons. The van der Waals surface area contributed by atoms with E-state index in [-0.39, 0.29) is 0 Å². The molecule has 0 aliphatic heterocycles. The SMILES string of the molecule is CC(C)Cc1nncn1C(C)C. The maximum absolute atomic E-state index is 4.09. The third kappa shape index (κ3) is 2.06. The fraction of sp³-hybridized carbons (Fsp3) is 0.778. The molecule has 1 aromatic heterocycles. The Morgan fingerprint density at radius 3 is 2.50 bits per heavy atom. The number of aromatic nitrogens is 3. The van der Waals surface area contributed by atoms with E-state index in [0.29, 0.717) is 12.0 Å². The molecule has 1 aromatic rings. The van der Waals surface area contributed by atoms with Crippen molar-refractivity contribution in [2.45, 2.75) is 40.2 Å². The average molecular weight is 167 g/mol. The van der Waals surface area contributed by atoms with Crippen molar-refractivity contribution in [3.05, 3.63) is 12.2 Å². The van der Waals surface area contributed by atoms with Crippen LogP contribution in [0.4, 0.5) is 0 Å². The summed E-state index contributed by atoms with van der Waals surface area (Å²) in [6, 6.07) is 0.466. The van der Waals surface area contributed by atoms with Gasteiger partial charge in [-0.25, -0.2) is 0 Å². The highest BCUT2D eigenvalue weighted by Gasteiger charge is 2.08. The van der Waals surface area contributed by atoms with E-state index in [1.165, 1.54) is 0 Å². The van der Waals surface area contributed by atoms with Gasteiger partial charge in [-0.2, -0.15) is 0 Å². The molecule has 0 spiro atoms. The molecule has 12 heavy (non-hydrogen) atoms. The molecule has 0 aliphatic rings. The fourth-order valence-electron chi connectivity index (χ4n) is 1.21. The minimum atomic E-state index is 0.466. The molecule has 0 N–H and O–H groups in total. The number of hydrogen-bond donors (Lipinski definition) is 0. The topological polar surface area (TPSA) is 30.7 Å². The van der Waals surface area contributed by atoms with E-state index in [9.17, 15) is 0 Å². The first-order valence-corrected chi connectivity index (χ1v) is 4.49. The van der Waals surface area contributed by atoms with Crippen LogP contribution >= 0.6 is 0 Å². The van der Waals surface area contributed by atoms with Gasteiger partial charge in [0, 0.05) is 12.5 Å². The Kier molecular flexibility index (Phi) is 2.84. The first-order chi connectivity index (χ1) is 5.61. The maximum atomic E-state index is 4.09. The van der Waals surface area contributed by atoms with E-state index in [1.54, 1.807) is 0 Å². The van der Waals surface area contributed by atoms with Crippen LogP contribution in [0.2, 0.25) is 0 Å². The summed E-state index contributed by atoms with van der Waals surface area (Å²) >= 11 is 0. The quantitative estimate of drug-likeness (QED) is 0.690. The van der Waals surface area contributed by atoms with Gasteiger partial charge in [0.1, 0.15) is 12.2 Å². The summed E-state index contributed by atoms with van der Waals surface area (Å²) in [6.07, 6.45) is 2.82. The number of nitrogens with zero attached hydrogens (tertiary/aromatic N) is 3. The summed E-state index contributed by atoms with van der Waals surface area (Å²) in [5.74, 6) is 1.74. The Labute approximate surface area is 73.8 Å². The second-order valence-corrected chi connectivity index (χ2v) is 3.85. The zero-order valence-electron chi connectivity index (χ0n) is 8.28. The molecule has 0 aliphatic carbocycles. The van der Waals surface area contributed by atoms with Gasteiger partial charge in [0.15, 0.2) is 0 Å². The van der Waals surface area contributed by atoms with E-state index in [0.717, 1.165) is 12.2 Å². The standard InChI is InChI=1S/C9H17N3/c1-7(2)5-9-11-10-6-12(9)8(3)4/h6-8H,5H2,1-4H3. The molecule has 1 heterocycles. The summed E-state index contributed by atoms with van der Waals surface area (Å²) in [6.45, 7) is 8.68. The summed E-state index contributed by atoms with van der Waals surface area (Å²) in [7, 11) is 0. The van der Waals surface area contributed by atoms with Crippen LogP contribution in [0.1, 0.15) is 39.6 Å². The van der Waals surface area contributed by atoms with Crippen molar-refractivity contribution >= 4 is 0 Å². The minimum Gasteiger partial charge on any atom is -0.315 e. The minimum absolute atomic E-state index is 0.466. The Morgan fingerprint density at radius 1 is 1.33 bits per heavy atom. The average Bonchev–Trinajstić information content (AvgIpc) is 2.33. The van der Waals surface area contributed by atoms with Crippen LogP contribution in [0.5, 0.6) is 0 Å². The van der Waals surface area contributed by atoms with Gasteiger partial charge >= 0.3 is 0 Å². The monoisotopic (exact) mass is 167 g/mol. The van der Waals surface area contributed by atoms with Crippen molar-refractivity contribution in [2.75, 3.05) is 0 Å². The molecule has 0 saturated carbocycles. The van der Waals surface area contributed by atoms with Crippen molar-refractivity contribution < 1.29 is 0 Å². The highest BCUT2D eigenvalue weighted by Crippen LogP contribution is 2.10. The molecule has 0 bridgehead atoms. The Hall–Kier alpha value is -0.860. The molecule has 1 rings (SSSR count). The molecule has 0 aromatic carbocycles. The predicted octanol–water partition coefficient (Wildman–Crippen LogP) is 2.06. The van der Waals surface area contributed by atoms with Gasteiger partial charge in [-0.15, -0.1) is 10.2 Å². The summed E-state index contributed by atoms with van der Waals surface area (Å²) in [5, 5.41) is 8.00. The molecule has 3 nitrogen and oxygen atoms in total. The van der Waals surface area contributed by atoms with Gasteiger partial charge in [0.25, 0.3) is 0 Å². The van der Waals surface area contributed by atoms with Crippen LogP contribution < -0.4 is 0 Å². The van der Waals surface area contributed by atoms with Gasteiger partial charge in [0.05, 0.1) is 0 Å². The fourth-order valence-corrected chi connectivity index (χ4v) is 1.21.